The van der Waals surface area contributed by atoms with Crippen molar-refractivity contribution in [1.82, 2.24) is 14.1 Å². The van der Waals surface area contributed by atoms with Crippen molar-refractivity contribution in [2.45, 2.75) is 31.8 Å². The minimum atomic E-state index is 0.0176. The standard InChI is InChI=1S/C22H23N3/c1-2-22(16-24-15-13-23-18-24,20-9-4-3-5-10-20)17-25-14-12-19-8-6-7-11-21(19)25/h3-15,18H,2,16-17H2,1H3. The quantitative estimate of drug-likeness (QED) is 0.494. The predicted molar refractivity (Wildman–Crippen MR) is 103 cm³/mol. The first-order chi connectivity index (χ1) is 12.3. The maximum Gasteiger partial charge on any atom is 0.0946 e. The molecule has 4 aromatic rings. The van der Waals surface area contributed by atoms with Crippen LogP contribution in [0.4, 0.5) is 0 Å². The third-order valence-electron chi connectivity index (χ3n) is 5.26. The maximum absolute atomic E-state index is 4.24. The van der Waals surface area contributed by atoms with Crippen LogP contribution >= 0.6 is 0 Å². The minimum Gasteiger partial charge on any atom is -0.347 e. The molecule has 1 unspecified atom stereocenters. The second kappa shape index (κ2) is 6.60. The number of aromatic nitrogens is 3. The summed E-state index contributed by atoms with van der Waals surface area (Å²) >= 11 is 0. The molecule has 2 heterocycles. The van der Waals surface area contributed by atoms with Gasteiger partial charge in [-0.1, -0.05) is 55.5 Å². The second-order valence-corrected chi connectivity index (χ2v) is 6.74. The minimum absolute atomic E-state index is 0.0176. The zero-order chi connectivity index (χ0) is 17.1. The first-order valence-corrected chi connectivity index (χ1v) is 8.86. The molecule has 0 aliphatic rings. The van der Waals surface area contributed by atoms with Gasteiger partial charge in [-0.25, -0.2) is 4.98 Å². The van der Waals surface area contributed by atoms with Crippen molar-refractivity contribution in [2.75, 3.05) is 0 Å². The van der Waals surface area contributed by atoms with Crippen molar-refractivity contribution in [2.24, 2.45) is 0 Å². The average molecular weight is 329 g/mol. The smallest absolute Gasteiger partial charge is 0.0946 e. The third kappa shape index (κ3) is 2.98. The molecule has 126 valence electrons. The molecule has 0 aliphatic heterocycles. The van der Waals surface area contributed by atoms with Gasteiger partial charge in [0.25, 0.3) is 0 Å². The normalized spacial score (nSPS) is 13.8. The molecule has 3 heteroatoms. The molecular formula is C22H23N3. The number of para-hydroxylation sites is 1. The van der Waals surface area contributed by atoms with E-state index >= 15 is 0 Å². The van der Waals surface area contributed by atoms with Crippen LogP contribution in [0.2, 0.25) is 0 Å². The lowest BCUT2D eigenvalue weighted by Crippen LogP contribution is -2.35. The average Bonchev–Trinajstić information content (AvgIpc) is 3.32. The van der Waals surface area contributed by atoms with Crippen molar-refractivity contribution in [1.29, 1.82) is 0 Å². The van der Waals surface area contributed by atoms with E-state index < -0.39 is 0 Å². The van der Waals surface area contributed by atoms with Crippen LogP contribution in [0.1, 0.15) is 18.9 Å². The fourth-order valence-electron chi connectivity index (χ4n) is 3.79. The van der Waals surface area contributed by atoms with E-state index in [2.05, 4.69) is 94.1 Å². The number of rotatable bonds is 6. The van der Waals surface area contributed by atoms with Gasteiger partial charge in [0.15, 0.2) is 0 Å². The van der Waals surface area contributed by atoms with Crippen LogP contribution in [0.5, 0.6) is 0 Å². The van der Waals surface area contributed by atoms with Gasteiger partial charge in [-0.2, -0.15) is 0 Å². The monoisotopic (exact) mass is 329 g/mol. The Bertz CT molecular complexity index is 938. The number of hydrogen-bond donors (Lipinski definition) is 0. The molecule has 25 heavy (non-hydrogen) atoms. The molecule has 3 nitrogen and oxygen atoms in total. The van der Waals surface area contributed by atoms with Gasteiger partial charge in [-0.3, -0.25) is 0 Å². The van der Waals surface area contributed by atoms with Gasteiger partial charge < -0.3 is 9.13 Å². The van der Waals surface area contributed by atoms with Crippen molar-refractivity contribution in [3.8, 4) is 0 Å². The maximum atomic E-state index is 4.24. The topological polar surface area (TPSA) is 22.8 Å². The summed E-state index contributed by atoms with van der Waals surface area (Å²) in [6.45, 7) is 4.15. The van der Waals surface area contributed by atoms with Crippen LogP contribution in [0.15, 0.2) is 85.6 Å². The summed E-state index contributed by atoms with van der Waals surface area (Å²) in [5, 5.41) is 1.29. The van der Waals surface area contributed by atoms with Gasteiger partial charge in [0, 0.05) is 42.6 Å². The Balaban J connectivity index is 1.79. The van der Waals surface area contributed by atoms with E-state index in [1.165, 1.54) is 16.5 Å². The molecule has 0 radical (unpaired) electrons. The van der Waals surface area contributed by atoms with E-state index in [0.717, 1.165) is 19.5 Å². The molecule has 0 saturated carbocycles. The third-order valence-corrected chi connectivity index (χ3v) is 5.26. The van der Waals surface area contributed by atoms with Gasteiger partial charge in [0.1, 0.15) is 0 Å². The van der Waals surface area contributed by atoms with Gasteiger partial charge in [-0.15, -0.1) is 0 Å². The fourth-order valence-corrected chi connectivity index (χ4v) is 3.79. The molecular weight excluding hydrogens is 306 g/mol. The van der Waals surface area contributed by atoms with Crippen LogP contribution in [-0.4, -0.2) is 14.1 Å². The van der Waals surface area contributed by atoms with Crippen LogP contribution in [-0.2, 0) is 18.5 Å². The molecule has 2 aromatic heterocycles. The number of hydrogen-bond acceptors (Lipinski definition) is 1. The van der Waals surface area contributed by atoms with Crippen molar-refractivity contribution in [3.05, 3.63) is 91.1 Å². The summed E-state index contributed by atoms with van der Waals surface area (Å²) in [6, 6.07) is 21.7. The molecule has 0 bridgehead atoms. The van der Waals surface area contributed by atoms with E-state index in [-0.39, 0.29) is 5.41 Å². The fraction of sp³-hybridized carbons (Fsp3) is 0.227. The highest BCUT2D eigenvalue weighted by molar-refractivity contribution is 5.79. The van der Waals surface area contributed by atoms with E-state index in [0.29, 0.717) is 0 Å². The van der Waals surface area contributed by atoms with Crippen LogP contribution < -0.4 is 0 Å². The Kier molecular flexibility index (Phi) is 4.14. The Morgan fingerprint density at radius 1 is 0.880 bits per heavy atom. The summed E-state index contributed by atoms with van der Waals surface area (Å²) in [7, 11) is 0. The van der Waals surface area contributed by atoms with E-state index in [9.17, 15) is 0 Å². The SMILES string of the molecule is CCC(Cn1ccnc1)(Cn1ccc2ccccc21)c1ccccc1. The lowest BCUT2D eigenvalue weighted by atomic mass is 9.77. The molecule has 0 N–H and O–H groups in total. The Hall–Kier alpha value is -2.81. The summed E-state index contributed by atoms with van der Waals surface area (Å²) in [5.41, 5.74) is 2.69. The summed E-state index contributed by atoms with van der Waals surface area (Å²) in [5.74, 6) is 0. The molecule has 4 rings (SSSR count). The van der Waals surface area contributed by atoms with Crippen LogP contribution in [0, 0.1) is 0 Å². The van der Waals surface area contributed by atoms with E-state index in [4.69, 9.17) is 0 Å². The van der Waals surface area contributed by atoms with E-state index in [1.54, 1.807) is 0 Å². The zero-order valence-corrected chi connectivity index (χ0v) is 14.5. The Morgan fingerprint density at radius 2 is 1.68 bits per heavy atom. The van der Waals surface area contributed by atoms with Gasteiger partial charge >= 0.3 is 0 Å². The van der Waals surface area contributed by atoms with Crippen molar-refractivity contribution in [3.63, 3.8) is 0 Å². The van der Waals surface area contributed by atoms with E-state index in [1.807, 2.05) is 12.5 Å². The number of benzene rings is 2. The van der Waals surface area contributed by atoms with Gasteiger partial charge in [-0.05, 0) is 29.5 Å². The Labute approximate surface area is 148 Å². The van der Waals surface area contributed by atoms with Crippen molar-refractivity contribution >= 4 is 10.9 Å². The Morgan fingerprint density at radius 3 is 2.44 bits per heavy atom. The zero-order valence-electron chi connectivity index (χ0n) is 14.5. The molecule has 0 saturated heterocycles. The number of nitrogens with zero attached hydrogens (tertiary/aromatic N) is 3. The molecule has 1 atom stereocenters. The van der Waals surface area contributed by atoms with Crippen LogP contribution in [0.3, 0.4) is 0 Å². The van der Waals surface area contributed by atoms with Gasteiger partial charge in [0.05, 0.1) is 6.33 Å². The summed E-state index contributed by atoms with van der Waals surface area (Å²) < 4.78 is 4.59. The van der Waals surface area contributed by atoms with Crippen molar-refractivity contribution < 1.29 is 0 Å². The van der Waals surface area contributed by atoms with Gasteiger partial charge in [0.2, 0.25) is 0 Å². The molecule has 0 aliphatic carbocycles. The number of imidazole rings is 1. The lowest BCUT2D eigenvalue weighted by Gasteiger charge is -2.34. The lowest BCUT2D eigenvalue weighted by molar-refractivity contribution is 0.304. The number of fused-ring (bicyclic) bond motifs is 1. The molecule has 0 amide bonds. The predicted octanol–water partition coefficient (Wildman–Crippen LogP) is 4.89. The molecule has 2 aromatic carbocycles. The second-order valence-electron chi connectivity index (χ2n) is 6.74. The highest BCUT2D eigenvalue weighted by Gasteiger charge is 2.31. The highest BCUT2D eigenvalue weighted by atomic mass is 15.0. The largest absolute Gasteiger partial charge is 0.347 e. The summed E-state index contributed by atoms with van der Waals surface area (Å²) in [6.07, 6.45) is 9.10. The highest BCUT2D eigenvalue weighted by Crippen LogP contribution is 2.33. The molecule has 0 spiro atoms. The first-order valence-electron chi connectivity index (χ1n) is 8.86. The summed E-state index contributed by atoms with van der Waals surface area (Å²) in [4.78, 5) is 4.24. The van der Waals surface area contributed by atoms with Crippen LogP contribution in [0.25, 0.3) is 10.9 Å². The first kappa shape index (κ1) is 15.7. The molecule has 0 fully saturated rings.